The van der Waals surface area contributed by atoms with E-state index in [4.69, 9.17) is 10.4 Å². The van der Waals surface area contributed by atoms with Crippen molar-refractivity contribution in [1.29, 1.82) is 5.26 Å². The topological polar surface area (TPSA) is 80.5 Å². The molecule has 1 aromatic rings. The molecule has 2 aliphatic heterocycles. The second kappa shape index (κ2) is 4.12. The molecule has 0 bridgehead atoms. The molecular weight excluding hydrogens is 244 g/mol. The normalized spacial score (nSPS) is 24.6. The number of amides is 1. The molecule has 6 nitrogen and oxygen atoms in total. The van der Waals surface area contributed by atoms with Gasteiger partial charge in [0.25, 0.3) is 0 Å². The molecule has 2 atom stereocenters. The van der Waals surface area contributed by atoms with Gasteiger partial charge >= 0.3 is 6.09 Å². The first-order valence-corrected chi connectivity index (χ1v) is 6.26. The summed E-state index contributed by atoms with van der Waals surface area (Å²) in [5, 5.41) is 18.1. The number of hydrogen-bond acceptors (Lipinski definition) is 4. The van der Waals surface area contributed by atoms with Crippen LogP contribution >= 0.6 is 0 Å². The van der Waals surface area contributed by atoms with Gasteiger partial charge in [-0.1, -0.05) is 6.07 Å². The van der Waals surface area contributed by atoms with E-state index in [1.165, 1.54) is 4.90 Å². The zero-order chi connectivity index (χ0) is 13.6. The van der Waals surface area contributed by atoms with Gasteiger partial charge in [0.2, 0.25) is 0 Å². The fourth-order valence-electron chi connectivity index (χ4n) is 3.06. The average Bonchev–Trinajstić information content (AvgIpc) is 2.76. The molecule has 1 aromatic heterocycles. The van der Waals surface area contributed by atoms with E-state index in [0.29, 0.717) is 18.8 Å². The van der Waals surface area contributed by atoms with Crippen molar-refractivity contribution in [3.8, 4) is 6.07 Å². The van der Waals surface area contributed by atoms with Gasteiger partial charge in [-0.25, -0.2) is 9.78 Å². The minimum absolute atomic E-state index is 0.0811. The summed E-state index contributed by atoms with van der Waals surface area (Å²) in [4.78, 5) is 19.1. The van der Waals surface area contributed by atoms with Crippen LogP contribution in [0.15, 0.2) is 12.1 Å². The number of anilines is 1. The van der Waals surface area contributed by atoms with Gasteiger partial charge in [0.15, 0.2) is 0 Å². The molecule has 1 N–H and O–H groups in total. The number of pyridine rings is 1. The molecule has 19 heavy (non-hydrogen) atoms. The molecule has 0 aliphatic carbocycles. The van der Waals surface area contributed by atoms with Gasteiger partial charge in [-0.2, -0.15) is 5.26 Å². The highest BCUT2D eigenvalue weighted by Crippen LogP contribution is 2.35. The van der Waals surface area contributed by atoms with E-state index in [9.17, 15) is 4.79 Å². The maximum atomic E-state index is 11.1. The summed E-state index contributed by atoms with van der Waals surface area (Å²) in [6.45, 7) is 2.97. The quantitative estimate of drug-likeness (QED) is 0.752. The average molecular weight is 258 g/mol. The first-order valence-electron chi connectivity index (χ1n) is 6.26. The van der Waals surface area contributed by atoms with E-state index >= 15 is 0 Å². The first-order chi connectivity index (χ1) is 9.10. The lowest BCUT2D eigenvalue weighted by molar-refractivity contribution is 0.128. The zero-order valence-corrected chi connectivity index (χ0v) is 10.6. The van der Waals surface area contributed by atoms with Crippen LogP contribution in [0.1, 0.15) is 18.2 Å². The van der Waals surface area contributed by atoms with Crippen LogP contribution in [-0.4, -0.2) is 46.3 Å². The standard InChI is InChI=1S/C13H14N4O2/c1-8-6-16(13(18)19)7-11-4-9-2-3-10(5-14)15-12(9)17(8)11/h2-3,8,11H,4,6-7H2,1H3,(H,18,19)/t8-,11-/m1/s1. The van der Waals surface area contributed by atoms with Crippen LogP contribution in [0.5, 0.6) is 0 Å². The third-order valence-electron chi connectivity index (χ3n) is 3.83. The van der Waals surface area contributed by atoms with E-state index in [0.717, 1.165) is 17.8 Å². The van der Waals surface area contributed by atoms with Crippen molar-refractivity contribution in [2.45, 2.75) is 25.4 Å². The number of rotatable bonds is 0. The van der Waals surface area contributed by atoms with Crippen molar-refractivity contribution in [1.82, 2.24) is 9.88 Å². The van der Waals surface area contributed by atoms with Crippen LogP contribution < -0.4 is 4.90 Å². The Morgan fingerprint density at radius 3 is 3.00 bits per heavy atom. The molecule has 2 aliphatic rings. The van der Waals surface area contributed by atoms with Crippen LogP contribution in [-0.2, 0) is 6.42 Å². The van der Waals surface area contributed by atoms with Crippen molar-refractivity contribution >= 4 is 11.9 Å². The number of nitriles is 1. The molecular formula is C13H14N4O2. The number of piperazine rings is 1. The summed E-state index contributed by atoms with van der Waals surface area (Å²) in [6, 6.07) is 5.92. The van der Waals surface area contributed by atoms with Gasteiger partial charge in [-0.15, -0.1) is 0 Å². The van der Waals surface area contributed by atoms with Crippen LogP contribution in [0.2, 0.25) is 0 Å². The minimum Gasteiger partial charge on any atom is -0.465 e. The third kappa shape index (κ3) is 1.78. The van der Waals surface area contributed by atoms with Gasteiger partial charge in [0.05, 0.1) is 6.04 Å². The van der Waals surface area contributed by atoms with Crippen molar-refractivity contribution in [3.05, 3.63) is 23.4 Å². The van der Waals surface area contributed by atoms with Crippen LogP contribution in [0.25, 0.3) is 0 Å². The number of nitrogens with zero attached hydrogens (tertiary/aromatic N) is 4. The zero-order valence-electron chi connectivity index (χ0n) is 10.6. The summed E-state index contributed by atoms with van der Waals surface area (Å²) in [6.07, 6.45) is -0.0737. The Labute approximate surface area is 110 Å². The Balaban J connectivity index is 1.95. The maximum absolute atomic E-state index is 11.1. The molecule has 1 amide bonds. The van der Waals surface area contributed by atoms with Gasteiger partial charge in [-0.05, 0) is 25.0 Å². The molecule has 0 radical (unpaired) electrons. The van der Waals surface area contributed by atoms with Crippen LogP contribution in [0, 0.1) is 11.3 Å². The first kappa shape index (κ1) is 11.8. The Hall–Kier alpha value is -2.29. The molecule has 1 saturated heterocycles. The molecule has 3 heterocycles. The smallest absolute Gasteiger partial charge is 0.407 e. The summed E-state index contributed by atoms with van der Waals surface area (Å²) in [5.41, 5.74) is 1.51. The number of carboxylic acid groups (broad SMARTS) is 1. The van der Waals surface area contributed by atoms with Crippen molar-refractivity contribution in [3.63, 3.8) is 0 Å². The molecule has 1 fully saturated rings. The molecule has 0 aromatic carbocycles. The Morgan fingerprint density at radius 1 is 1.53 bits per heavy atom. The monoisotopic (exact) mass is 258 g/mol. The minimum atomic E-state index is -0.867. The summed E-state index contributed by atoms with van der Waals surface area (Å²) >= 11 is 0. The second-order valence-electron chi connectivity index (χ2n) is 5.09. The SMILES string of the molecule is C[C@@H]1CN(C(=O)O)C[C@H]2Cc3ccc(C#N)nc3N21. The van der Waals surface area contributed by atoms with Crippen molar-refractivity contribution < 1.29 is 9.90 Å². The van der Waals surface area contributed by atoms with E-state index in [-0.39, 0.29) is 12.1 Å². The van der Waals surface area contributed by atoms with E-state index < -0.39 is 6.09 Å². The molecule has 3 rings (SSSR count). The predicted molar refractivity (Wildman–Crippen MR) is 68.0 cm³/mol. The van der Waals surface area contributed by atoms with Crippen molar-refractivity contribution in [2.24, 2.45) is 0 Å². The van der Waals surface area contributed by atoms with Crippen LogP contribution in [0.4, 0.5) is 10.6 Å². The highest BCUT2D eigenvalue weighted by molar-refractivity contribution is 5.67. The van der Waals surface area contributed by atoms with Gasteiger partial charge in [0, 0.05) is 19.1 Å². The summed E-state index contributed by atoms with van der Waals surface area (Å²) in [7, 11) is 0. The number of hydrogen-bond donors (Lipinski definition) is 1. The number of carbonyl (C=O) groups is 1. The predicted octanol–water partition coefficient (Wildman–Crippen LogP) is 1.07. The number of aromatic nitrogens is 1. The Kier molecular flexibility index (Phi) is 2.56. The largest absolute Gasteiger partial charge is 0.465 e. The highest BCUT2D eigenvalue weighted by atomic mass is 16.4. The second-order valence-corrected chi connectivity index (χ2v) is 5.09. The Morgan fingerprint density at radius 2 is 2.32 bits per heavy atom. The molecule has 6 heteroatoms. The van der Waals surface area contributed by atoms with Crippen molar-refractivity contribution in [2.75, 3.05) is 18.0 Å². The van der Waals surface area contributed by atoms with Gasteiger partial charge < -0.3 is 14.9 Å². The lowest BCUT2D eigenvalue weighted by Crippen LogP contribution is -2.57. The van der Waals surface area contributed by atoms with E-state index in [2.05, 4.69) is 16.0 Å². The fourth-order valence-corrected chi connectivity index (χ4v) is 3.06. The molecule has 0 unspecified atom stereocenters. The maximum Gasteiger partial charge on any atom is 0.407 e. The van der Waals surface area contributed by atoms with Gasteiger partial charge in [-0.3, -0.25) is 0 Å². The van der Waals surface area contributed by atoms with E-state index in [1.807, 2.05) is 13.0 Å². The van der Waals surface area contributed by atoms with Crippen LogP contribution in [0.3, 0.4) is 0 Å². The lowest BCUT2D eigenvalue weighted by Gasteiger charge is -2.42. The molecule has 0 spiro atoms. The lowest BCUT2D eigenvalue weighted by atomic mass is 10.1. The third-order valence-corrected chi connectivity index (χ3v) is 3.83. The highest BCUT2D eigenvalue weighted by Gasteiger charge is 2.40. The Bertz CT molecular complexity index is 580. The molecule has 0 saturated carbocycles. The fraction of sp³-hybridized carbons (Fsp3) is 0.462. The summed E-state index contributed by atoms with van der Waals surface area (Å²) < 4.78 is 0. The van der Waals surface area contributed by atoms with Gasteiger partial charge in [0.1, 0.15) is 17.6 Å². The summed E-state index contributed by atoms with van der Waals surface area (Å²) in [5.74, 6) is 0.849. The number of fused-ring (bicyclic) bond motifs is 3. The van der Waals surface area contributed by atoms with E-state index in [1.54, 1.807) is 6.07 Å². The molecule has 98 valence electrons.